The highest BCUT2D eigenvalue weighted by Gasteiger charge is 2.19. The third-order valence-electron chi connectivity index (χ3n) is 2.43. The summed E-state index contributed by atoms with van der Waals surface area (Å²) in [6.45, 7) is 6.11. The first kappa shape index (κ1) is 13.6. The predicted octanol–water partition coefficient (Wildman–Crippen LogP) is 2.34. The Balaban J connectivity index is 2.52. The number of hydrogen-bond donors (Lipinski definition) is 0. The minimum atomic E-state index is -0.0516. The molecule has 0 saturated carbocycles. The van der Waals surface area contributed by atoms with Crippen molar-refractivity contribution in [2.75, 3.05) is 20.7 Å². The van der Waals surface area contributed by atoms with Crippen LogP contribution in [0.2, 0.25) is 0 Å². The number of carbonyl (C=O) groups is 1. The van der Waals surface area contributed by atoms with E-state index in [2.05, 4.69) is 6.58 Å². The fourth-order valence-corrected chi connectivity index (χ4v) is 1.43. The molecular weight excluding hydrogens is 214 g/mol. The summed E-state index contributed by atoms with van der Waals surface area (Å²) >= 11 is 0. The first-order valence-electron chi connectivity index (χ1n) is 5.61. The molecule has 0 bridgehead atoms. The van der Waals surface area contributed by atoms with Gasteiger partial charge in [-0.05, 0) is 12.5 Å². The van der Waals surface area contributed by atoms with E-state index in [9.17, 15) is 4.79 Å². The molecule has 0 N–H and O–H groups in total. The van der Waals surface area contributed by atoms with Crippen LogP contribution >= 0.6 is 0 Å². The van der Waals surface area contributed by atoms with E-state index in [4.69, 9.17) is 4.84 Å². The van der Waals surface area contributed by atoms with Gasteiger partial charge >= 0.3 is 0 Å². The van der Waals surface area contributed by atoms with Crippen molar-refractivity contribution in [1.82, 2.24) is 0 Å². The van der Waals surface area contributed by atoms with Gasteiger partial charge in [-0.3, -0.25) is 4.79 Å². The van der Waals surface area contributed by atoms with E-state index in [-0.39, 0.29) is 12.4 Å². The summed E-state index contributed by atoms with van der Waals surface area (Å²) in [6.07, 6.45) is 0. The van der Waals surface area contributed by atoms with Gasteiger partial charge in [-0.25, -0.2) is 0 Å². The van der Waals surface area contributed by atoms with Crippen LogP contribution in [0.5, 0.6) is 0 Å². The van der Waals surface area contributed by atoms with Crippen LogP contribution < -0.4 is 0 Å². The van der Waals surface area contributed by atoms with E-state index in [0.717, 1.165) is 6.54 Å². The molecule has 0 amide bonds. The Kier molecular flexibility index (Phi) is 4.61. The Morgan fingerprint density at radius 2 is 1.88 bits per heavy atom. The molecule has 0 atom stereocenters. The van der Waals surface area contributed by atoms with Crippen molar-refractivity contribution in [3.8, 4) is 0 Å². The zero-order valence-corrected chi connectivity index (χ0v) is 10.8. The van der Waals surface area contributed by atoms with Gasteiger partial charge in [-0.15, -0.1) is 0 Å². The van der Waals surface area contributed by atoms with Crippen molar-refractivity contribution in [1.29, 1.82) is 0 Å². The molecule has 0 heterocycles. The van der Waals surface area contributed by atoms with E-state index >= 15 is 0 Å². The quantitative estimate of drug-likeness (QED) is 0.429. The standard InChI is InChI=1S/C14H20NO2/c1-12(2)14(16)11-17-15(3,4)10-13-8-6-5-7-9-13/h5-9H,1,10-11H2,2-4H3/q+1. The molecule has 0 aliphatic carbocycles. The van der Waals surface area contributed by atoms with E-state index in [0.29, 0.717) is 10.2 Å². The number of benzene rings is 1. The highest BCUT2D eigenvalue weighted by atomic mass is 16.7. The highest BCUT2D eigenvalue weighted by molar-refractivity contribution is 5.95. The Morgan fingerprint density at radius 3 is 2.41 bits per heavy atom. The molecule has 0 saturated heterocycles. The molecule has 0 aliphatic rings. The topological polar surface area (TPSA) is 26.3 Å². The fraction of sp³-hybridized carbons (Fsp3) is 0.357. The van der Waals surface area contributed by atoms with Gasteiger partial charge in [0.2, 0.25) is 0 Å². The smallest absolute Gasteiger partial charge is 0.189 e. The van der Waals surface area contributed by atoms with Gasteiger partial charge in [0.25, 0.3) is 0 Å². The maximum absolute atomic E-state index is 11.4. The van der Waals surface area contributed by atoms with Crippen LogP contribution in [-0.2, 0) is 16.2 Å². The molecule has 0 spiro atoms. The number of hydroxylamine groups is 3. The van der Waals surface area contributed by atoms with E-state index in [1.54, 1.807) is 6.92 Å². The molecule has 1 rings (SSSR count). The van der Waals surface area contributed by atoms with Crippen molar-refractivity contribution >= 4 is 5.78 Å². The maximum Gasteiger partial charge on any atom is 0.189 e. The Morgan fingerprint density at radius 1 is 1.29 bits per heavy atom. The fourth-order valence-electron chi connectivity index (χ4n) is 1.43. The SMILES string of the molecule is C=C(C)C(=O)CO[N+](C)(C)Cc1ccccc1. The van der Waals surface area contributed by atoms with Crippen molar-refractivity contribution in [3.63, 3.8) is 0 Å². The van der Waals surface area contributed by atoms with Crippen molar-refractivity contribution < 1.29 is 14.3 Å². The van der Waals surface area contributed by atoms with Crippen molar-refractivity contribution in [3.05, 3.63) is 48.0 Å². The lowest BCUT2D eigenvalue weighted by atomic mass is 10.2. The first-order chi connectivity index (χ1) is 7.91. The second-order valence-electron chi connectivity index (χ2n) is 4.69. The normalized spacial score (nSPS) is 11.2. The van der Waals surface area contributed by atoms with Crippen LogP contribution in [0.1, 0.15) is 12.5 Å². The first-order valence-corrected chi connectivity index (χ1v) is 5.61. The van der Waals surface area contributed by atoms with Crippen LogP contribution in [-0.4, -0.2) is 31.1 Å². The molecule has 17 heavy (non-hydrogen) atoms. The Bertz CT molecular complexity index is 396. The molecule has 0 aliphatic heterocycles. The van der Waals surface area contributed by atoms with Crippen LogP contribution in [0.15, 0.2) is 42.5 Å². The van der Waals surface area contributed by atoms with Gasteiger partial charge in [0.05, 0.1) is 14.1 Å². The van der Waals surface area contributed by atoms with Crippen LogP contribution in [0.25, 0.3) is 0 Å². The summed E-state index contributed by atoms with van der Waals surface area (Å²) in [6, 6.07) is 10.1. The number of nitrogens with zero attached hydrogens (tertiary/aromatic N) is 1. The zero-order chi connectivity index (χ0) is 12.9. The Labute approximate surface area is 103 Å². The summed E-state index contributed by atoms with van der Waals surface area (Å²) < 4.78 is 0.322. The lowest BCUT2D eigenvalue weighted by Gasteiger charge is -2.26. The minimum absolute atomic E-state index is 0.0516. The van der Waals surface area contributed by atoms with Crippen molar-refractivity contribution in [2.24, 2.45) is 0 Å². The molecule has 3 heteroatoms. The van der Waals surface area contributed by atoms with E-state index < -0.39 is 0 Å². The van der Waals surface area contributed by atoms with Gasteiger partial charge in [0, 0.05) is 5.56 Å². The van der Waals surface area contributed by atoms with E-state index in [1.807, 2.05) is 44.4 Å². The third-order valence-corrected chi connectivity index (χ3v) is 2.43. The van der Waals surface area contributed by atoms with Crippen LogP contribution in [0, 0.1) is 0 Å². The third kappa shape index (κ3) is 4.93. The number of Topliss-reactive ketones (excluding diaryl/α,β-unsaturated/α-hetero) is 1. The molecule has 3 nitrogen and oxygen atoms in total. The molecule has 92 valence electrons. The zero-order valence-electron chi connectivity index (χ0n) is 10.8. The minimum Gasteiger partial charge on any atom is -0.292 e. The number of quaternary nitrogens is 1. The van der Waals surface area contributed by atoms with Gasteiger partial charge in [0.15, 0.2) is 12.4 Å². The van der Waals surface area contributed by atoms with E-state index in [1.165, 1.54) is 5.56 Å². The van der Waals surface area contributed by atoms with Gasteiger partial charge in [0.1, 0.15) is 6.54 Å². The lowest BCUT2D eigenvalue weighted by Crippen LogP contribution is -2.40. The number of ketones is 1. The summed E-state index contributed by atoms with van der Waals surface area (Å²) in [5.74, 6) is -0.0516. The largest absolute Gasteiger partial charge is 0.292 e. The molecule has 1 aromatic rings. The summed E-state index contributed by atoms with van der Waals surface area (Å²) in [5, 5.41) is 0. The van der Waals surface area contributed by atoms with Crippen LogP contribution in [0.4, 0.5) is 0 Å². The average molecular weight is 234 g/mol. The highest BCUT2D eigenvalue weighted by Crippen LogP contribution is 2.10. The van der Waals surface area contributed by atoms with Gasteiger partial charge in [-0.2, -0.15) is 9.48 Å². The van der Waals surface area contributed by atoms with Crippen molar-refractivity contribution in [2.45, 2.75) is 13.5 Å². The number of rotatable bonds is 6. The number of carbonyl (C=O) groups excluding carboxylic acids is 1. The van der Waals surface area contributed by atoms with Gasteiger partial charge in [-0.1, -0.05) is 36.9 Å². The number of hydrogen-bond acceptors (Lipinski definition) is 2. The van der Waals surface area contributed by atoms with Gasteiger partial charge < -0.3 is 0 Å². The summed E-state index contributed by atoms with van der Waals surface area (Å²) in [4.78, 5) is 17.0. The van der Waals surface area contributed by atoms with Crippen LogP contribution in [0.3, 0.4) is 0 Å². The lowest BCUT2D eigenvalue weighted by molar-refractivity contribution is -1.09. The molecular formula is C14H20NO2+. The summed E-state index contributed by atoms with van der Waals surface area (Å²) in [5.41, 5.74) is 1.71. The second-order valence-corrected chi connectivity index (χ2v) is 4.69. The molecule has 0 unspecified atom stereocenters. The monoisotopic (exact) mass is 234 g/mol. The maximum atomic E-state index is 11.4. The molecule has 0 fully saturated rings. The molecule has 0 aromatic heterocycles. The summed E-state index contributed by atoms with van der Waals surface area (Å²) in [7, 11) is 3.86. The second kappa shape index (κ2) is 5.75. The molecule has 1 aromatic carbocycles. The average Bonchev–Trinajstić information content (AvgIpc) is 2.26. The Hall–Kier alpha value is -1.45. The predicted molar refractivity (Wildman–Crippen MR) is 68.0 cm³/mol. The molecule has 0 radical (unpaired) electrons.